The predicted octanol–water partition coefficient (Wildman–Crippen LogP) is 3.61. The first-order valence-corrected chi connectivity index (χ1v) is 9.18. The molecule has 0 aliphatic rings. The molecule has 1 N–H and O–H groups in total. The Morgan fingerprint density at radius 3 is 2.41 bits per heavy atom. The van der Waals surface area contributed by atoms with Crippen molar-refractivity contribution in [1.82, 2.24) is 9.88 Å². The van der Waals surface area contributed by atoms with Crippen molar-refractivity contribution >= 4 is 28.4 Å². The van der Waals surface area contributed by atoms with E-state index in [-0.39, 0.29) is 11.8 Å². The fourth-order valence-corrected chi connectivity index (χ4v) is 3.21. The summed E-state index contributed by atoms with van der Waals surface area (Å²) < 4.78 is 0. The molecule has 1 heterocycles. The average Bonchev–Trinajstić information content (AvgIpc) is 3.10. The zero-order valence-corrected chi connectivity index (χ0v) is 15.8. The zero-order valence-electron chi connectivity index (χ0n) is 15.8. The molecule has 0 aliphatic carbocycles. The minimum absolute atomic E-state index is 0.000422. The Labute approximate surface area is 159 Å². The number of amides is 2. The fourth-order valence-electron chi connectivity index (χ4n) is 3.21. The summed E-state index contributed by atoms with van der Waals surface area (Å²) in [6.07, 6.45) is 3.06. The first kappa shape index (κ1) is 18.7. The van der Waals surface area contributed by atoms with Crippen LogP contribution in [0.3, 0.4) is 0 Å². The van der Waals surface area contributed by atoms with Crippen molar-refractivity contribution in [2.24, 2.45) is 0 Å². The van der Waals surface area contributed by atoms with Gasteiger partial charge in [0.15, 0.2) is 0 Å². The molecular formula is C22H25N3O2. The summed E-state index contributed by atoms with van der Waals surface area (Å²) in [4.78, 5) is 31.1. The Balaban J connectivity index is 1.58. The van der Waals surface area contributed by atoms with E-state index in [1.807, 2.05) is 54.7 Å². The van der Waals surface area contributed by atoms with Gasteiger partial charge in [-0.2, -0.15) is 0 Å². The number of hydrogen-bond donors (Lipinski definition) is 1. The fraction of sp³-hybridized carbons (Fsp3) is 0.273. The van der Waals surface area contributed by atoms with Crippen molar-refractivity contribution in [3.8, 4) is 0 Å². The maximum absolute atomic E-state index is 12.5. The van der Waals surface area contributed by atoms with Crippen LogP contribution in [0, 0.1) is 0 Å². The number of nitrogens with one attached hydrogen (secondary N) is 1. The van der Waals surface area contributed by atoms with E-state index >= 15 is 0 Å². The molecule has 0 atom stereocenters. The van der Waals surface area contributed by atoms with E-state index in [1.165, 1.54) is 10.9 Å². The quantitative estimate of drug-likeness (QED) is 0.697. The van der Waals surface area contributed by atoms with Crippen LogP contribution in [0.1, 0.15) is 18.9 Å². The van der Waals surface area contributed by atoms with Crippen LogP contribution in [-0.4, -0.2) is 41.8 Å². The van der Waals surface area contributed by atoms with Gasteiger partial charge in [-0.1, -0.05) is 36.4 Å². The first-order chi connectivity index (χ1) is 13.1. The maximum atomic E-state index is 12.5. The van der Waals surface area contributed by atoms with Gasteiger partial charge in [-0.25, -0.2) is 0 Å². The lowest BCUT2D eigenvalue weighted by atomic mass is 10.1. The number of carbonyl (C=O) groups is 2. The molecule has 27 heavy (non-hydrogen) atoms. The minimum Gasteiger partial charge on any atom is -0.361 e. The summed E-state index contributed by atoms with van der Waals surface area (Å²) in [5.74, 6) is -0.00968. The van der Waals surface area contributed by atoms with Gasteiger partial charge in [0, 0.05) is 56.3 Å². The maximum Gasteiger partial charge on any atom is 0.228 e. The van der Waals surface area contributed by atoms with Crippen LogP contribution in [0.4, 0.5) is 5.69 Å². The van der Waals surface area contributed by atoms with E-state index in [0.717, 1.165) is 17.6 Å². The smallest absolute Gasteiger partial charge is 0.228 e. The molecule has 0 saturated heterocycles. The molecule has 3 rings (SSSR count). The molecule has 0 saturated carbocycles. The van der Waals surface area contributed by atoms with Gasteiger partial charge in [-0.3, -0.25) is 9.59 Å². The lowest BCUT2D eigenvalue weighted by Gasteiger charge is -2.23. The number of aromatic nitrogens is 1. The largest absolute Gasteiger partial charge is 0.361 e. The Hall–Kier alpha value is -3.08. The highest BCUT2D eigenvalue weighted by Gasteiger charge is 2.15. The van der Waals surface area contributed by atoms with Crippen LogP contribution in [-0.2, 0) is 16.0 Å². The standard InChI is InChI=1S/C22H25N3O2/c1-17(26)25(14-12-18-16-23-21-11-7-6-10-20(18)21)15-13-22(27)24(2)19-8-4-3-5-9-19/h3-11,16,23H,12-15H2,1-2H3. The monoisotopic (exact) mass is 363 g/mol. The van der Waals surface area contributed by atoms with Crippen molar-refractivity contribution in [1.29, 1.82) is 0 Å². The Bertz CT molecular complexity index is 917. The number of fused-ring (bicyclic) bond motifs is 1. The molecule has 5 heteroatoms. The number of anilines is 1. The summed E-state index contributed by atoms with van der Waals surface area (Å²) >= 11 is 0. The zero-order chi connectivity index (χ0) is 19.2. The van der Waals surface area contributed by atoms with Gasteiger partial charge < -0.3 is 14.8 Å². The third kappa shape index (κ3) is 4.56. The Morgan fingerprint density at radius 1 is 0.963 bits per heavy atom. The van der Waals surface area contributed by atoms with Gasteiger partial charge in [0.25, 0.3) is 0 Å². The minimum atomic E-state index is -0.00925. The van der Waals surface area contributed by atoms with Gasteiger partial charge >= 0.3 is 0 Å². The molecule has 1 aromatic heterocycles. The van der Waals surface area contributed by atoms with E-state index in [1.54, 1.807) is 23.8 Å². The van der Waals surface area contributed by atoms with Crippen LogP contribution in [0.2, 0.25) is 0 Å². The van der Waals surface area contributed by atoms with Crippen molar-refractivity contribution in [2.45, 2.75) is 19.8 Å². The molecule has 2 amide bonds. The molecule has 0 spiro atoms. The van der Waals surface area contributed by atoms with Crippen molar-refractivity contribution < 1.29 is 9.59 Å². The highest BCUT2D eigenvalue weighted by Crippen LogP contribution is 2.18. The van der Waals surface area contributed by atoms with Gasteiger partial charge in [-0.15, -0.1) is 0 Å². The third-order valence-electron chi connectivity index (χ3n) is 4.88. The second kappa shape index (κ2) is 8.54. The average molecular weight is 363 g/mol. The molecule has 0 aliphatic heterocycles. The van der Waals surface area contributed by atoms with Crippen LogP contribution in [0.5, 0.6) is 0 Å². The second-order valence-electron chi connectivity index (χ2n) is 6.65. The van der Waals surface area contributed by atoms with Gasteiger partial charge in [0.2, 0.25) is 11.8 Å². The lowest BCUT2D eigenvalue weighted by molar-refractivity contribution is -0.129. The third-order valence-corrected chi connectivity index (χ3v) is 4.88. The lowest BCUT2D eigenvalue weighted by Crippen LogP contribution is -2.35. The summed E-state index contributed by atoms with van der Waals surface area (Å²) in [5, 5.41) is 1.18. The van der Waals surface area contributed by atoms with E-state index in [9.17, 15) is 9.59 Å². The van der Waals surface area contributed by atoms with Crippen molar-refractivity contribution in [2.75, 3.05) is 25.0 Å². The molecular weight excluding hydrogens is 338 g/mol. The van der Waals surface area contributed by atoms with E-state index in [0.29, 0.717) is 19.5 Å². The normalized spacial score (nSPS) is 10.7. The van der Waals surface area contributed by atoms with E-state index in [2.05, 4.69) is 11.1 Å². The first-order valence-electron chi connectivity index (χ1n) is 9.18. The highest BCUT2D eigenvalue weighted by atomic mass is 16.2. The van der Waals surface area contributed by atoms with Crippen LogP contribution in [0.25, 0.3) is 10.9 Å². The van der Waals surface area contributed by atoms with Crippen LogP contribution in [0.15, 0.2) is 60.8 Å². The van der Waals surface area contributed by atoms with Crippen molar-refractivity contribution in [3.05, 3.63) is 66.4 Å². The van der Waals surface area contributed by atoms with Crippen molar-refractivity contribution in [3.63, 3.8) is 0 Å². The van der Waals surface area contributed by atoms with Gasteiger partial charge in [0.1, 0.15) is 0 Å². The molecule has 0 bridgehead atoms. The topological polar surface area (TPSA) is 56.4 Å². The summed E-state index contributed by atoms with van der Waals surface area (Å²) in [5.41, 5.74) is 3.14. The highest BCUT2D eigenvalue weighted by molar-refractivity contribution is 5.93. The van der Waals surface area contributed by atoms with E-state index < -0.39 is 0 Å². The number of para-hydroxylation sites is 2. The molecule has 5 nitrogen and oxygen atoms in total. The summed E-state index contributed by atoms with van der Waals surface area (Å²) in [7, 11) is 1.77. The molecule has 2 aromatic carbocycles. The van der Waals surface area contributed by atoms with Gasteiger partial charge in [0.05, 0.1) is 0 Å². The number of carbonyl (C=O) groups excluding carboxylic acids is 2. The van der Waals surface area contributed by atoms with Crippen LogP contribution < -0.4 is 4.90 Å². The second-order valence-corrected chi connectivity index (χ2v) is 6.65. The Kier molecular flexibility index (Phi) is 5.91. The number of H-pyrrole nitrogens is 1. The number of nitrogens with zero attached hydrogens (tertiary/aromatic N) is 2. The molecule has 140 valence electrons. The van der Waals surface area contributed by atoms with E-state index in [4.69, 9.17) is 0 Å². The molecule has 0 radical (unpaired) electrons. The molecule has 0 fully saturated rings. The van der Waals surface area contributed by atoms with Gasteiger partial charge in [-0.05, 0) is 30.2 Å². The number of hydrogen-bond acceptors (Lipinski definition) is 2. The Morgan fingerprint density at radius 2 is 1.67 bits per heavy atom. The molecule has 0 unspecified atom stereocenters. The predicted molar refractivity (Wildman–Crippen MR) is 109 cm³/mol. The summed E-state index contributed by atoms with van der Waals surface area (Å²) in [6.45, 7) is 2.58. The number of aromatic amines is 1. The molecule has 3 aromatic rings. The number of rotatable bonds is 7. The number of benzene rings is 2. The summed E-state index contributed by atoms with van der Waals surface area (Å²) in [6, 6.07) is 17.7. The van der Waals surface area contributed by atoms with Crippen LogP contribution >= 0.6 is 0 Å². The SMILES string of the molecule is CC(=O)N(CCC(=O)N(C)c1ccccc1)CCc1c[nH]c2ccccc12.